The lowest BCUT2D eigenvalue weighted by atomic mass is 10.2. The summed E-state index contributed by atoms with van der Waals surface area (Å²) in [7, 11) is 0. The summed E-state index contributed by atoms with van der Waals surface area (Å²) in [6, 6.07) is 5.80. The van der Waals surface area contributed by atoms with Gasteiger partial charge >= 0.3 is 0 Å². The van der Waals surface area contributed by atoms with Crippen molar-refractivity contribution in [2.45, 2.75) is 52.5 Å². The van der Waals surface area contributed by atoms with E-state index in [0.717, 1.165) is 18.7 Å². The Morgan fingerprint density at radius 2 is 1.59 bits per heavy atom. The van der Waals surface area contributed by atoms with Gasteiger partial charge in [-0.1, -0.05) is 62.0 Å². The van der Waals surface area contributed by atoms with Gasteiger partial charge in [-0.2, -0.15) is 0 Å². The largest absolute Gasteiger partial charge is 0.313 e. The number of benzene rings is 1. The molecule has 1 aromatic carbocycles. The van der Waals surface area contributed by atoms with Crippen LogP contribution in [0.1, 0.15) is 51.5 Å². The zero-order chi connectivity index (χ0) is 16.2. The van der Waals surface area contributed by atoms with E-state index in [2.05, 4.69) is 24.1 Å². The topological polar surface area (TPSA) is 15.3 Å². The molecule has 0 spiro atoms. The van der Waals surface area contributed by atoms with Gasteiger partial charge < -0.3 is 10.2 Å². The minimum absolute atomic E-state index is 0.631. The van der Waals surface area contributed by atoms with Crippen molar-refractivity contribution in [1.82, 2.24) is 10.2 Å². The van der Waals surface area contributed by atoms with Crippen LogP contribution in [-0.4, -0.2) is 31.1 Å². The normalized spacial score (nSPS) is 11.3. The van der Waals surface area contributed by atoms with Crippen molar-refractivity contribution in [3.63, 3.8) is 0 Å². The lowest BCUT2D eigenvalue weighted by Crippen LogP contribution is -2.29. The molecule has 0 aromatic heterocycles. The molecule has 0 bridgehead atoms. The van der Waals surface area contributed by atoms with E-state index in [0.29, 0.717) is 10.0 Å². The molecule has 0 aliphatic carbocycles. The zero-order valence-corrected chi connectivity index (χ0v) is 15.5. The van der Waals surface area contributed by atoms with Crippen molar-refractivity contribution < 1.29 is 0 Å². The van der Waals surface area contributed by atoms with Crippen LogP contribution < -0.4 is 5.32 Å². The Hall–Kier alpha value is -0.280. The minimum Gasteiger partial charge on any atom is -0.313 e. The van der Waals surface area contributed by atoms with E-state index in [-0.39, 0.29) is 0 Å². The highest BCUT2D eigenvalue weighted by atomic mass is 35.5. The van der Waals surface area contributed by atoms with E-state index < -0.39 is 0 Å². The molecule has 0 amide bonds. The van der Waals surface area contributed by atoms with E-state index >= 15 is 0 Å². The maximum Gasteiger partial charge on any atom is 0.0637 e. The summed E-state index contributed by atoms with van der Waals surface area (Å²) < 4.78 is 0. The number of nitrogens with zero attached hydrogens (tertiary/aromatic N) is 1. The van der Waals surface area contributed by atoms with Gasteiger partial charge in [0.1, 0.15) is 0 Å². The lowest BCUT2D eigenvalue weighted by molar-refractivity contribution is 0.261. The molecule has 0 radical (unpaired) electrons. The Labute approximate surface area is 146 Å². The van der Waals surface area contributed by atoms with Crippen molar-refractivity contribution in [3.8, 4) is 0 Å². The fourth-order valence-corrected chi connectivity index (χ4v) is 2.82. The fourth-order valence-electron chi connectivity index (χ4n) is 2.43. The first-order valence-electron chi connectivity index (χ1n) is 8.55. The monoisotopic (exact) mass is 344 g/mol. The van der Waals surface area contributed by atoms with Crippen molar-refractivity contribution in [2.75, 3.05) is 26.2 Å². The maximum atomic E-state index is 6.19. The highest BCUT2D eigenvalue weighted by Gasteiger charge is 2.05. The quantitative estimate of drug-likeness (QED) is 0.512. The van der Waals surface area contributed by atoms with Crippen molar-refractivity contribution in [3.05, 3.63) is 33.8 Å². The number of halogens is 2. The highest BCUT2D eigenvalue weighted by molar-refractivity contribution is 6.42. The number of rotatable bonds is 12. The Balaban J connectivity index is 2.23. The van der Waals surface area contributed by atoms with E-state index in [4.69, 9.17) is 23.2 Å². The number of unbranched alkanes of at least 4 members (excludes halogenated alkanes) is 2. The fraction of sp³-hybridized carbons (Fsp3) is 0.667. The molecule has 0 saturated heterocycles. The number of hydrogen-bond acceptors (Lipinski definition) is 2. The van der Waals surface area contributed by atoms with Crippen LogP contribution in [0.4, 0.5) is 0 Å². The SMILES string of the molecule is CCCCN(CCCC)CCCNCc1cccc(Cl)c1Cl. The zero-order valence-electron chi connectivity index (χ0n) is 14.0. The summed E-state index contributed by atoms with van der Waals surface area (Å²) in [5, 5.41) is 4.77. The van der Waals surface area contributed by atoms with Crippen molar-refractivity contribution in [1.29, 1.82) is 0 Å². The second-order valence-electron chi connectivity index (χ2n) is 5.79. The molecule has 0 aliphatic rings. The molecule has 0 atom stereocenters. The number of hydrogen-bond donors (Lipinski definition) is 1. The van der Waals surface area contributed by atoms with E-state index in [1.54, 1.807) is 0 Å². The third-order valence-corrected chi connectivity index (χ3v) is 4.69. The van der Waals surface area contributed by atoms with Gasteiger partial charge in [0.2, 0.25) is 0 Å². The van der Waals surface area contributed by atoms with Crippen molar-refractivity contribution >= 4 is 23.2 Å². The van der Waals surface area contributed by atoms with Gasteiger partial charge in [0, 0.05) is 6.54 Å². The van der Waals surface area contributed by atoms with Crippen LogP contribution in [0.3, 0.4) is 0 Å². The van der Waals surface area contributed by atoms with Crippen molar-refractivity contribution in [2.24, 2.45) is 0 Å². The second-order valence-corrected chi connectivity index (χ2v) is 6.58. The van der Waals surface area contributed by atoms with E-state index in [1.165, 1.54) is 51.7 Å². The molecule has 1 rings (SSSR count). The second kappa shape index (κ2) is 12.2. The van der Waals surface area contributed by atoms with Crippen LogP contribution in [0, 0.1) is 0 Å². The van der Waals surface area contributed by atoms with E-state index in [1.807, 2.05) is 18.2 Å². The molecular formula is C18H30Cl2N2. The molecule has 1 aromatic rings. The summed E-state index contributed by atoms with van der Waals surface area (Å²) in [6.07, 6.45) is 6.32. The van der Waals surface area contributed by atoms with Crippen LogP contribution in [0.15, 0.2) is 18.2 Å². The molecule has 0 aliphatic heterocycles. The smallest absolute Gasteiger partial charge is 0.0637 e. The Bertz CT molecular complexity index is 402. The molecule has 22 heavy (non-hydrogen) atoms. The Morgan fingerprint density at radius 1 is 0.955 bits per heavy atom. The van der Waals surface area contributed by atoms with Gasteiger partial charge in [0.05, 0.1) is 10.0 Å². The Kier molecular flexibility index (Phi) is 10.9. The molecule has 0 saturated carbocycles. The highest BCUT2D eigenvalue weighted by Crippen LogP contribution is 2.25. The molecule has 4 heteroatoms. The third kappa shape index (κ3) is 7.82. The molecule has 1 N–H and O–H groups in total. The van der Waals surface area contributed by atoms with Gasteiger partial charge in [-0.15, -0.1) is 0 Å². The predicted molar refractivity (Wildman–Crippen MR) is 99.0 cm³/mol. The van der Waals surface area contributed by atoms with Gasteiger partial charge in [0.25, 0.3) is 0 Å². The summed E-state index contributed by atoms with van der Waals surface area (Å²) >= 11 is 12.2. The molecular weight excluding hydrogens is 315 g/mol. The third-order valence-electron chi connectivity index (χ3n) is 3.83. The van der Waals surface area contributed by atoms with Gasteiger partial charge in [-0.25, -0.2) is 0 Å². The lowest BCUT2D eigenvalue weighted by Gasteiger charge is -2.22. The predicted octanol–water partition coefficient (Wildman–Crippen LogP) is 5.38. The average molecular weight is 345 g/mol. The van der Waals surface area contributed by atoms with Crippen LogP contribution in [0.5, 0.6) is 0 Å². The maximum absolute atomic E-state index is 6.19. The minimum atomic E-state index is 0.631. The Morgan fingerprint density at radius 3 is 2.23 bits per heavy atom. The summed E-state index contributed by atoms with van der Waals surface area (Å²) in [5.74, 6) is 0. The first-order chi connectivity index (χ1) is 10.7. The number of nitrogens with one attached hydrogen (secondary N) is 1. The molecule has 2 nitrogen and oxygen atoms in total. The standard InChI is InChI=1S/C18H30Cl2N2/c1-3-5-12-22(13-6-4-2)14-8-11-21-15-16-9-7-10-17(19)18(16)20/h7,9-10,21H,3-6,8,11-15H2,1-2H3. The van der Waals surface area contributed by atoms with Crippen LogP contribution >= 0.6 is 23.2 Å². The first-order valence-corrected chi connectivity index (χ1v) is 9.30. The molecule has 0 fully saturated rings. The van der Waals surface area contributed by atoms with Crippen LogP contribution in [-0.2, 0) is 6.54 Å². The molecule has 0 heterocycles. The first kappa shape index (κ1) is 19.8. The average Bonchev–Trinajstić information content (AvgIpc) is 2.52. The van der Waals surface area contributed by atoms with E-state index in [9.17, 15) is 0 Å². The van der Waals surface area contributed by atoms with Gasteiger partial charge in [0.15, 0.2) is 0 Å². The summed E-state index contributed by atoms with van der Waals surface area (Å²) in [5.41, 5.74) is 1.07. The summed E-state index contributed by atoms with van der Waals surface area (Å²) in [6.45, 7) is 9.95. The molecule has 126 valence electrons. The van der Waals surface area contributed by atoms with Crippen LogP contribution in [0.2, 0.25) is 10.0 Å². The van der Waals surface area contributed by atoms with Gasteiger partial charge in [-0.05, 0) is 57.1 Å². The van der Waals surface area contributed by atoms with Gasteiger partial charge in [-0.3, -0.25) is 0 Å². The van der Waals surface area contributed by atoms with Crippen LogP contribution in [0.25, 0.3) is 0 Å². The summed E-state index contributed by atoms with van der Waals surface area (Å²) in [4.78, 5) is 2.60. The molecule has 0 unspecified atom stereocenters.